The summed E-state index contributed by atoms with van der Waals surface area (Å²) < 4.78 is 26.2. The van der Waals surface area contributed by atoms with E-state index in [-0.39, 0.29) is 11.4 Å². The summed E-state index contributed by atoms with van der Waals surface area (Å²) in [5, 5.41) is 0. The predicted octanol–water partition coefficient (Wildman–Crippen LogP) is 2.73. The van der Waals surface area contributed by atoms with E-state index in [1.807, 2.05) is 6.92 Å². The highest BCUT2D eigenvalue weighted by atomic mass is 19.1. The zero-order valence-corrected chi connectivity index (χ0v) is 8.04. The van der Waals surface area contributed by atoms with Crippen LogP contribution in [0.1, 0.15) is 5.56 Å². The molecule has 1 aromatic carbocycles. The summed E-state index contributed by atoms with van der Waals surface area (Å²) in [6.45, 7) is 1.83. The largest absolute Gasteiger partial charge is 0.236 e. The molecule has 0 saturated heterocycles. The fourth-order valence-electron chi connectivity index (χ4n) is 1.20. The first-order valence-corrected chi connectivity index (χ1v) is 4.41. The number of aryl methyl sites for hydroxylation is 1. The van der Waals surface area contributed by atoms with Crippen LogP contribution in [0.5, 0.6) is 0 Å². The second kappa shape index (κ2) is 3.73. The van der Waals surface area contributed by atoms with Gasteiger partial charge in [0.05, 0.1) is 5.56 Å². The third kappa shape index (κ3) is 1.98. The van der Waals surface area contributed by atoms with Gasteiger partial charge in [0.25, 0.3) is 0 Å². The fourth-order valence-corrected chi connectivity index (χ4v) is 1.20. The van der Waals surface area contributed by atoms with Crippen molar-refractivity contribution in [1.29, 1.82) is 0 Å². The van der Waals surface area contributed by atoms with Crippen LogP contribution in [0, 0.1) is 18.6 Å². The standard InChI is InChI=1S/C11H8F2N2/c1-7-5-14-11(15-6-7)9-4-8(12)2-3-10(9)13/h2-6H,1H3. The SMILES string of the molecule is Cc1cnc(-c2cc(F)ccc2F)nc1. The van der Waals surface area contributed by atoms with Gasteiger partial charge in [-0.2, -0.15) is 0 Å². The van der Waals surface area contributed by atoms with Crippen molar-refractivity contribution in [1.82, 2.24) is 9.97 Å². The van der Waals surface area contributed by atoms with Crippen LogP contribution >= 0.6 is 0 Å². The normalized spacial score (nSPS) is 10.3. The van der Waals surface area contributed by atoms with Crippen LogP contribution in [0.2, 0.25) is 0 Å². The van der Waals surface area contributed by atoms with Gasteiger partial charge in [-0.1, -0.05) is 0 Å². The lowest BCUT2D eigenvalue weighted by atomic mass is 10.2. The average molecular weight is 206 g/mol. The summed E-state index contributed by atoms with van der Waals surface area (Å²) in [5.74, 6) is -0.839. The van der Waals surface area contributed by atoms with Gasteiger partial charge in [0.2, 0.25) is 0 Å². The fraction of sp³-hybridized carbons (Fsp3) is 0.0909. The molecule has 0 radical (unpaired) electrons. The van der Waals surface area contributed by atoms with Crippen molar-refractivity contribution in [3.8, 4) is 11.4 Å². The summed E-state index contributed by atoms with van der Waals surface area (Å²) in [6, 6.07) is 3.21. The molecule has 0 aliphatic carbocycles. The summed E-state index contributed by atoms with van der Waals surface area (Å²) in [7, 11) is 0. The molecular weight excluding hydrogens is 198 g/mol. The van der Waals surface area contributed by atoms with Crippen molar-refractivity contribution in [3.05, 3.63) is 47.8 Å². The maximum atomic E-state index is 13.3. The number of rotatable bonds is 1. The molecule has 0 unspecified atom stereocenters. The van der Waals surface area contributed by atoms with Gasteiger partial charge in [0.1, 0.15) is 11.6 Å². The summed E-state index contributed by atoms with van der Waals surface area (Å²) in [5.41, 5.74) is 0.950. The molecule has 2 aromatic rings. The maximum Gasteiger partial charge on any atom is 0.162 e. The summed E-state index contributed by atoms with van der Waals surface area (Å²) >= 11 is 0. The number of hydrogen-bond donors (Lipinski definition) is 0. The minimum absolute atomic E-state index is 0.0787. The van der Waals surface area contributed by atoms with E-state index in [4.69, 9.17) is 0 Å². The van der Waals surface area contributed by atoms with Crippen molar-refractivity contribution < 1.29 is 8.78 Å². The molecule has 0 spiro atoms. The van der Waals surface area contributed by atoms with E-state index in [1.165, 1.54) is 0 Å². The van der Waals surface area contributed by atoms with Gasteiger partial charge < -0.3 is 0 Å². The number of benzene rings is 1. The molecule has 0 bridgehead atoms. The second-order valence-corrected chi connectivity index (χ2v) is 3.21. The van der Waals surface area contributed by atoms with Crippen LogP contribution in [-0.4, -0.2) is 9.97 Å². The minimum atomic E-state index is -0.528. The zero-order chi connectivity index (χ0) is 10.8. The van der Waals surface area contributed by atoms with E-state index in [0.717, 1.165) is 23.8 Å². The van der Waals surface area contributed by atoms with Crippen LogP contribution in [0.3, 0.4) is 0 Å². The number of hydrogen-bond acceptors (Lipinski definition) is 2. The molecule has 76 valence electrons. The van der Waals surface area contributed by atoms with Crippen molar-refractivity contribution in [3.63, 3.8) is 0 Å². The Morgan fingerprint density at radius 1 is 1.07 bits per heavy atom. The first kappa shape index (κ1) is 9.71. The molecule has 0 amide bonds. The van der Waals surface area contributed by atoms with E-state index >= 15 is 0 Å². The number of nitrogens with zero attached hydrogens (tertiary/aromatic N) is 2. The molecule has 1 aromatic heterocycles. The topological polar surface area (TPSA) is 25.8 Å². The lowest BCUT2D eigenvalue weighted by molar-refractivity contribution is 0.602. The lowest BCUT2D eigenvalue weighted by Gasteiger charge is -2.01. The zero-order valence-electron chi connectivity index (χ0n) is 8.04. The van der Waals surface area contributed by atoms with Crippen molar-refractivity contribution >= 4 is 0 Å². The second-order valence-electron chi connectivity index (χ2n) is 3.21. The molecule has 2 nitrogen and oxygen atoms in total. The van der Waals surface area contributed by atoms with E-state index in [1.54, 1.807) is 12.4 Å². The lowest BCUT2D eigenvalue weighted by Crippen LogP contribution is -1.93. The Morgan fingerprint density at radius 2 is 1.73 bits per heavy atom. The van der Waals surface area contributed by atoms with Crippen molar-refractivity contribution in [2.45, 2.75) is 6.92 Å². The van der Waals surface area contributed by atoms with Gasteiger partial charge in [-0.3, -0.25) is 0 Å². The van der Waals surface area contributed by atoms with Gasteiger partial charge in [0, 0.05) is 12.4 Å². The Bertz CT molecular complexity index is 480. The number of aromatic nitrogens is 2. The third-order valence-electron chi connectivity index (χ3n) is 1.95. The van der Waals surface area contributed by atoms with E-state index in [9.17, 15) is 8.78 Å². The molecule has 0 aliphatic rings. The predicted molar refractivity (Wildman–Crippen MR) is 52.1 cm³/mol. The van der Waals surface area contributed by atoms with Crippen molar-refractivity contribution in [2.75, 3.05) is 0 Å². The average Bonchev–Trinajstić information content (AvgIpc) is 2.23. The van der Waals surface area contributed by atoms with E-state index < -0.39 is 11.6 Å². The molecule has 1 heterocycles. The van der Waals surface area contributed by atoms with Gasteiger partial charge in [0.15, 0.2) is 5.82 Å². The van der Waals surface area contributed by atoms with Gasteiger partial charge in [-0.15, -0.1) is 0 Å². The van der Waals surface area contributed by atoms with E-state index in [0.29, 0.717) is 0 Å². The van der Waals surface area contributed by atoms with Gasteiger partial charge in [-0.05, 0) is 30.7 Å². The third-order valence-corrected chi connectivity index (χ3v) is 1.95. The maximum absolute atomic E-state index is 13.3. The van der Waals surface area contributed by atoms with Crippen LogP contribution in [0.15, 0.2) is 30.6 Å². The highest BCUT2D eigenvalue weighted by Crippen LogP contribution is 2.19. The van der Waals surface area contributed by atoms with Crippen LogP contribution < -0.4 is 0 Å². The quantitative estimate of drug-likeness (QED) is 0.716. The molecule has 0 fully saturated rings. The monoisotopic (exact) mass is 206 g/mol. The molecule has 4 heteroatoms. The Balaban J connectivity index is 2.53. The van der Waals surface area contributed by atoms with Crippen molar-refractivity contribution in [2.24, 2.45) is 0 Å². The Kier molecular flexibility index (Phi) is 2.41. The molecular formula is C11H8F2N2. The Hall–Kier alpha value is -1.84. The molecule has 0 aliphatic heterocycles. The van der Waals surface area contributed by atoms with Crippen LogP contribution in [-0.2, 0) is 0 Å². The molecule has 15 heavy (non-hydrogen) atoms. The smallest absolute Gasteiger partial charge is 0.162 e. The number of halogens is 2. The van der Waals surface area contributed by atoms with E-state index in [2.05, 4.69) is 9.97 Å². The van der Waals surface area contributed by atoms with Crippen LogP contribution in [0.4, 0.5) is 8.78 Å². The van der Waals surface area contributed by atoms with Crippen LogP contribution in [0.25, 0.3) is 11.4 Å². The molecule has 0 saturated carbocycles. The molecule has 0 N–H and O–H groups in total. The highest BCUT2D eigenvalue weighted by Gasteiger charge is 2.08. The van der Waals surface area contributed by atoms with Gasteiger partial charge >= 0.3 is 0 Å². The highest BCUT2D eigenvalue weighted by molar-refractivity contribution is 5.55. The Labute approximate surface area is 85.6 Å². The first-order chi connectivity index (χ1) is 7.16. The summed E-state index contributed by atoms with van der Waals surface area (Å²) in [4.78, 5) is 7.87. The van der Waals surface area contributed by atoms with Gasteiger partial charge in [-0.25, -0.2) is 18.7 Å². The first-order valence-electron chi connectivity index (χ1n) is 4.41. The minimum Gasteiger partial charge on any atom is -0.236 e. The Morgan fingerprint density at radius 3 is 2.40 bits per heavy atom. The molecule has 2 rings (SSSR count). The molecule has 0 atom stereocenters. The summed E-state index contributed by atoms with van der Waals surface area (Å²) in [6.07, 6.45) is 3.12.